The molecule has 3 rings (SSSR count). The van der Waals surface area contributed by atoms with E-state index < -0.39 is 0 Å². The van der Waals surface area contributed by atoms with Crippen molar-refractivity contribution in [2.75, 3.05) is 0 Å². The third kappa shape index (κ3) is 2.63. The van der Waals surface area contributed by atoms with Crippen molar-refractivity contribution in [1.29, 1.82) is 0 Å². The molecule has 0 radical (unpaired) electrons. The highest BCUT2D eigenvalue weighted by molar-refractivity contribution is 5.77. The van der Waals surface area contributed by atoms with Crippen molar-refractivity contribution in [3.05, 3.63) is 65.2 Å². The first-order chi connectivity index (χ1) is 11.1. The molecule has 2 nitrogen and oxygen atoms in total. The summed E-state index contributed by atoms with van der Waals surface area (Å²) in [7, 11) is 0. The molecular formula is C21H24O2. The van der Waals surface area contributed by atoms with E-state index in [1.807, 2.05) is 18.2 Å². The Hall–Kier alpha value is -2.22. The van der Waals surface area contributed by atoms with Crippen molar-refractivity contribution in [1.82, 2.24) is 0 Å². The summed E-state index contributed by atoms with van der Waals surface area (Å²) in [6, 6.07) is 13.3. The SMILES string of the molecule is CCC1(CC)C(c2ccc(O)cc2)=CCCc2cc(O)ccc21. The van der Waals surface area contributed by atoms with E-state index in [4.69, 9.17) is 0 Å². The maximum atomic E-state index is 9.86. The fourth-order valence-corrected chi connectivity index (χ4v) is 4.01. The molecule has 0 saturated heterocycles. The minimum absolute atomic E-state index is 0.0451. The molecule has 23 heavy (non-hydrogen) atoms. The zero-order chi connectivity index (χ0) is 16.4. The zero-order valence-electron chi connectivity index (χ0n) is 13.8. The second-order valence-corrected chi connectivity index (χ2v) is 6.33. The van der Waals surface area contributed by atoms with Gasteiger partial charge in [0.15, 0.2) is 0 Å². The highest BCUT2D eigenvalue weighted by Gasteiger charge is 2.36. The predicted octanol–water partition coefficient (Wildman–Crippen LogP) is 5.19. The summed E-state index contributed by atoms with van der Waals surface area (Å²) < 4.78 is 0. The number of hydrogen-bond acceptors (Lipinski definition) is 2. The lowest BCUT2D eigenvalue weighted by atomic mass is 9.67. The van der Waals surface area contributed by atoms with Gasteiger partial charge in [-0.1, -0.05) is 38.1 Å². The van der Waals surface area contributed by atoms with Gasteiger partial charge < -0.3 is 10.2 Å². The topological polar surface area (TPSA) is 40.5 Å². The summed E-state index contributed by atoms with van der Waals surface area (Å²) in [5, 5.41) is 19.5. The molecule has 0 unspecified atom stereocenters. The Labute approximate surface area is 138 Å². The fourth-order valence-electron chi connectivity index (χ4n) is 4.01. The number of benzene rings is 2. The van der Waals surface area contributed by atoms with Crippen LogP contribution in [-0.4, -0.2) is 10.2 Å². The van der Waals surface area contributed by atoms with Crippen LogP contribution < -0.4 is 0 Å². The molecule has 2 aromatic carbocycles. The Morgan fingerprint density at radius 2 is 1.57 bits per heavy atom. The lowest BCUT2D eigenvalue weighted by Gasteiger charge is -2.36. The maximum absolute atomic E-state index is 9.86. The van der Waals surface area contributed by atoms with Crippen LogP contribution in [0.25, 0.3) is 5.57 Å². The standard InChI is InChI=1S/C21H24O2/c1-3-21(4-2)19(15-8-10-17(22)11-9-15)7-5-6-16-14-18(23)12-13-20(16)21/h7-14,22-23H,3-6H2,1-2H3. The van der Waals surface area contributed by atoms with Crippen LogP contribution in [0.15, 0.2) is 48.5 Å². The minimum atomic E-state index is -0.0451. The molecule has 0 fully saturated rings. The quantitative estimate of drug-likeness (QED) is 0.819. The maximum Gasteiger partial charge on any atom is 0.115 e. The zero-order valence-corrected chi connectivity index (χ0v) is 13.8. The van der Waals surface area contributed by atoms with Crippen molar-refractivity contribution in [3.63, 3.8) is 0 Å². The van der Waals surface area contributed by atoms with Gasteiger partial charge in [0, 0.05) is 5.41 Å². The van der Waals surface area contributed by atoms with Crippen molar-refractivity contribution in [2.24, 2.45) is 0 Å². The van der Waals surface area contributed by atoms with Gasteiger partial charge in [-0.2, -0.15) is 0 Å². The predicted molar refractivity (Wildman–Crippen MR) is 94.8 cm³/mol. The Morgan fingerprint density at radius 1 is 0.913 bits per heavy atom. The Balaban J connectivity index is 2.20. The number of aromatic hydroxyl groups is 2. The lowest BCUT2D eigenvalue weighted by Crippen LogP contribution is -2.27. The first-order valence-corrected chi connectivity index (χ1v) is 8.43. The minimum Gasteiger partial charge on any atom is -0.508 e. The van der Waals surface area contributed by atoms with Gasteiger partial charge in [0.2, 0.25) is 0 Å². The van der Waals surface area contributed by atoms with Crippen LogP contribution in [0, 0.1) is 0 Å². The lowest BCUT2D eigenvalue weighted by molar-refractivity contribution is 0.470. The molecule has 2 heteroatoms. The van der Waals surface area contributed by atoms with Gasteiger partial charge in [0.1, 0.15) is 11.5 Å². The number of rotatable bonds is 3. The van der Waals surface area contributed by atoms with Crippen LogP contribution in [0.5, 0.6) is 11.5 Å². The van der Waals surface area contributed by atoms with E-state index in [2.05, 4.69) is 26.0 Å². The molecule has 1 aliphatic carbocycles. The fraction of sp³-hybridized carbons (Fsp3) is 0.333. The average Bonchev–Trinajstić information content (AvgIpc) is 2.72. The van der Waals surface area contributed by atoms with Gasteiger partial charge in [0.05, 0.1) is 0 Å². The first kappa shape index (κ1) is 15.7. The molecule has 0 amide bonds. The van der Waals surface area contributed by atoms with Crippen LogP contribution in [0.1, 0.15) is 49.8 Å². The molecular weight excluding hydrogens is 284 g/mol. The summed E-state index contributed by atoms with van der Waals surface area (Å²) in [6.45, 7) is 4.47. The molecule has 0 bridgehead atoms. The van der Waals surface area contributed by atoms with Gasteiger partial charge in [-0.05, 0) is 72.2 Å². The molecule has 0 aliphatic heterocycles. The van der Waals surface area contributed by atoms with Gasteiger partial charge in [0.25, 0.3) is 0 Å². The largest absolute Gasteiger partial charge is 0.508 e. The molecule has 2 N–H and O–H groups in total. The molecule has 1 aliphatic rings. The van der Waals surface area contributed by atoms with Gasteiger partial charge in [-0.25, -0.2) is 0 Å². The molecule has 0 spiro atoms. The molecule has 2 aromatic rings. The third-order valence-electron chi connectivity index (χ3n) is 5.27. The smallest absolute Gasteiger partial charge is 0.115 e. The molecule has 0 aromatic heterocycles. The summed E-state index contributed by atoms with van der Waals surface area (Å²) in [4.78, 5) is 0. The van der Waals surface area contributed by atoms with Crippen molar-refractivity contribution >= 4 is 5.57 Å². The monoisotopic (exact) mass is 308 g/mol. The second kappa shape index (κ2) is 6.11. The average molecular weight is 308 g/mol. The number of phenols is 2. The highest BCUT2D eigenvalue weighted by atomic mass is 16.3. The van der Waals surface area contributed by atoms with Crippen LogP contribution >= 0.6 is 0 Å². The van der Waals surface area contributed by atoms with Gasteiger partial charge in [-0.15, -0.1) is 0 Å². The van der Waals surface area contributed by atoms with E-state index in [9.17, 15) is 10.2 Å². The van der Waals surface area contributed by atoms with E-state index >= 15 is 0 Å². The van der Waals surface area contributed by atoms with Crippen LogP contribution in [0.4, 0.5) is 0 Å². The number of phenolic OH excluding ortho intramolecular Hbond substituents is 2. The first-order valence-electron chi connectivity index (χ1n) is 8.43. The van der Waals surface area contributed by atoms with E-state index in [1.165, 1.54) is 22.3 Å². The van der Waals surface area contributed by atoms with Crippen LogP contribution in [0.3, 0.4) is 0 Å². The number of allylic oxidation sites excluding steroid dienone is 2. The number of aryl methyl sites for hydroxylation is 1. The van der Waals surface area contributed by atoms with Gasteiger partial charge >= 0.3 is 0 Å². The molecule has 0 atom stereocenters. The second-order valence-electron chi connectivity index (χ2n) is 6.33. The molecule has 120 valence electrons. The molecule has 0 saturated carbocycles. The van der Waals surface area contributed by atoms with Crippen LogP contribution in [-0.2, 0) is 11.8 Å². The number of hydrogen-bond donors (Lipinski definition) is 2. The van der Waals surface area contributed by atoms with Crippen molar-refractivity contribution in [3.8, 4) is 11.5 Å². The van der Waals surface area contributed by atoms with E-state index in [-0.39, 0.29) is 5.41 Å². The molecule has 0 heterocycles. The Morgan fingerprint density at radius 3 is 2.22 bits per heavy atom. The number of fused-ring (bicyclic) bond motifs is 1. The normalized spacial score (nSPS) is 16.3. The Kier molecular flexibility index (Phi) is 4.16. The van der Waals surface area contributed by atoms with Crippen LogP contribution in [0.2, 0.25) is 0 Å². The summed E-state index contributed by atoms with van der Waals surface area (Å²) in [5.41, 5.74) is 5.05. The van der Waals surface area contributed by atoms with Crippen molar-refractivity contribution in [2.45, 2.75) is 44.9 Å². The summed E-state index contributed by atoms with van der Waals surface area (Å²) in [6.07, 6.45) is 6.28. The summed E-state index contributed by atoms with van der Waals surface area (Å²) in [5.74, 6) is 0.643. The third-order valence-corrected chi connectivity index (χ3v) is 5.27. The van der Waals surface area contributed by atoms with E-state index in [0.29, 0.717) is 11.5 Å². The van der Waals surface area contributed by atoms with Crippen molar-refractivity contribution < 1.29 is 10.2 Å². The summed E-state index contributed by atoms with van der Waals surface area (Å²) >= 11 is 0. The van der Waals surface area contributed by atoms with E-state index in [0.717, 1.165) is 25.7 Å². The van der Waals surface area contributed by atoms with E-state index in [1.54, 1.807) is 18.2 Å². The Bertz CT molecular complexity index is 722. The highest BCUT2D eigenvalue weighted by Crippen LogP contribution is 2.48. The van der Waals surface area contributed by atoms with Gasteiger partial charge in [-0.3, -0.25) is 0 Å².